The van der Waals surface area contributed by atoms with Crippen molar-refractivity contribution in [2.24, 2.45) is 0 Å². The maximum Gasteiger partial charge on any atom is 0.172 e. The van der Waals surface area contributed by atoms with Gasteiger partial charge in [-0.05, 0) is 41.4 Å². The molecular weight excluding hydrogens is 340 g/mol. The normalized spacial score (nSPS) is 15.1. The molecule has 134 valence electrons. The van der Waals surface area contributed by atoms with Crippen molar-refractivity contribution in [1.29, 1.82) is 0 Å². The van der Waals surface area contributed by atoms with E-state index in [1.54, 1.807) is 0 Å². The summed E-state index contributed by atoms with van der Waals surface area (Å²) >= 11 is 5.45. The van der Waals surface area contributed by atoms with Crippen LogP contribution < -0.4 is 10.6 Å². The van der Waals surface area contributed by atoms with E-state index in [-0.39, 0.29) is 0 Å². The standard InChI is InChI=1S/C21H24N4S/c26-21(22-18-10-2-1-3-11-18)23-20-13-14-25(24-20)15-17-9-6-8-16-7-4-5-12-19(16)17/h4-9,12-14,18H,1-3,10-11,15H2,(H2,22,23,24,26). The summed E-state index contributed by atoms with van der Waals surface area (Å²) in [6, 6.07) is 17.3. The molecule has 1 aromatic heterocycles. The lowest BCUT2D eigenvalue weighted by Gasteiger charge is -2.24. The number of rotatable bonds is 4. The summed E-state index contributed by atoms with van der Waals surface area (Å²) in [5, 5.41) is 14.5. The van der Waals surface area contributed by atoms with E-state index in [4.69, 9.17) is 12.2 Å². The molecule has 0 bridgehead atoms. The van der Waals surface area contributed by atoms with Gasteiger partial charge >= 0.3 is 0 Å². The number of nitrogens with one attached hydrogen (secondary N) is 2. The highest BCUT2D eigenvalue weighted by molar-refractivity contribution is 7.80. The van der Waals surface area contributed by atoms with Crippen LogP contribution in [0, 0.1) is 0 Å². The second-order valence-corrected chi connectivity index (χ2v) is 7.38. The molecule has 4 rings (SSSR count). The lowest BCUT2D eigenvalue weighted by molar-refractivity contribution is 0.415. The van der Waals surface area contributed by atoms with Crippen molar-refractivity contribution < 1.29 is 0 Å². The molecule has 0 atom stereocenters. The van der Waals surface area contributed by atoms with Gasteiger partial charge in [-0.3, -0.25) is 4.68 Å². The van der Waals surface area contributed by atoms with Crippen LogP contribution >= 0.6 is 12.2 Å². The zero-order valence-electron chi connectivity index (χ0n) is 14.8. The number of hydrogen-bond donors (Lipinski definition) is 2. The van der Waals surface area contributed by atoms with Gasteiger partial charge in [-0.2, -0.15) is 5.10 Å². The highest BCUT2D eigenvalue weighted by Crippen LogP contribution is 2.20. The van der Waals surface area contributed by atoms with Crippen molar-refractivity contribution in [3.8, 4) is 0 Å². The molecule has 0 saturated heterocycles. The Hall–Kier alpha value is -2.40. The Bertz CT molecular complexity index is 890. The number of thiocarbonyl (C=S) groups is 1. The third-order valence-electron chi connectivity index (χ3n) is 5.03. The molecule has 1 heterocycles. The monoisotopic (exact) mass is 364 g/mol. The zero-order chi connectivity index (χ0) is 17.8. The smallest absolute Gasteiger partial charge is 0.172 e. The van der Waals surface area contributed by atoms with Crippen molar-refractivity contribution in [3.63, 3.8) is 0 Å². The first-order valence-electron chi connectivity index (χ1n) is 9.35. The van der Waals surface area contributed by atoms with Crippen LogP contribution in [0.3, 0.4) is 0 Å². The fourth-order valence-corrected chi connectivity index (χ4v) is 3.98. The van der Waals surface area contributed by atoms with Crippen LogP contribution in [0.5, 0.6) is 0 Å². The number of fused-ring (bicyclic) bond motifs is 1. The Labute approximate surface area is 159 Å². The molecule has 3 aromatic rings. The van der Waals surface area contributed by atoms with Crippen molar-refractivity contribution in [3.05, 3.63) is 60.3 Å². The Kier molecular flexibility index (Phi) is 5.16. The summed E-state index contributed by atoms with van der Waals surface area (Å²) in [6.45, 7) is 0.742. The number of nitrogens with zero attached hydrogens (tertiary/aromatic N) is 2. The minimum atomic E-state index is 0.501. The molecule has 2 aromatic carbocycles. The highest BCUT2D eigenvalue weighted by atomic mass is 32.1. The van der Waals surface area contributed by atoms with E-state index in [1.807, 2.05) is 16.9 Å². The molecule has 1 aliphatic carbocycles. The predicted molar refractivity (Wildman–Crippen MR) is 112 cm³/mol. The topological polar surface area (TPSA) is 41.9 Å². The third-order valence-corrected chi connectivity index (χ3v) is 5.25. The van der Waals surface area contributed by atoms with Crippen molar-refractivity contribution >= 4 is 33.9 Å². The van der Waals surface area contributed by atoms with E-state index in [2.05, 4.69) is 58.2 Å². The summed E-state index contributed by atoms with van der Waals surface area (Å²) in [6.07, 6.45) is 8.33. The third kappa shape index (κ3) is 4.05. The molecule has 0 aliphatic heterocycles. The highest BCUT2D eigenvalue weighted by Gasteiger charge is 2.14. The van der Waals surface area contributed by atoms with E-state index in [1.165, 1.54) is 48.4 Å². The SMILES string of the molecule is S=C(Nc1ccn(Cc2cccc3ccccc23)n1)NC1CCCCC1. The number of benzene rings is 2. The predicted octanol–water partition coefficient (Wildman–Crippen LogP) is 4.70. The second kappa shape index (κ2) is 7.87. The first kappa shape index (κ1) is 17.0. The van der Waals surface area contributed by atoms with Gasteiger partial charge in [0.15, 0.2) is 10.9 Å². The van der Waals surface area contributed by atoms with Gasteiger partial charge in [0, 0.05) is 18.3 Å². The summed E-state index contributed by atoms with van der Waals surface area (Å²) < 4.78 is 1.95. The first-order valence-corrected chi connectivity index (χ1v) is 9.76. The number of anilines is 1. The van der Waals surface area contributed by atoms with E-state index in [0.29, 0.717) is 11.2 Å². The van der Waals surface area contributed by atoms with Gasteiger partial charge in [-0.1, -0.05) is 61.7 Å². The largest absolute Gasteiger partial charge is 0.360 e. The Morgan fingerprint density at radius 2 is 1.85 bits per heavy atom. The number of hydrogen-bond acceptors (Lipinski definition) is 2. The summed E-state index contributed by atoms with van der Waals surface area (Å²) in [4.78, 5) is 0. The van der Waals surface area contributed by atoms with Crippen LogP contribution in [0.1, 0.15) is 37.7 Å². The van der Waals surface area contributed by atoms with E-state index >= 15 is 0 Å². The maximum absolute atomic E-state index is 5.45. The van der Waals surface area contributed by atoms with Crippen LogP contribution in [-0.2, 0) is 6.54 Å². The van der Waals surface area contributed by atoms with Gasteiger partial charge in [-0.25, -0.2) is 0 Å². The van der Waals surface area contributed by atoms with Crippen LogP contribution in [0.15, 0.2) is 54.7 Å². The van der Waals surface area contributed by atoms with Crippen LogP contribution in [0.2, 0.25) is 0 Å². The molecule has 2 N–H and O–H groups in total. The van der Waals surface area contributed by atoms with Gasteiger partial charge in [0.05, 0.1) is 6.54 Å². The van der Waals surface area contributed by atoms with Gasteiger partial charge in [0.1, 0.15) is 0 Å². The average molecular weight is 365 g/mol. The fourth-order valence-electron chi connectivity index (χ4n) is 3.71. The molecular formula is C21H24N4S. The van der Waals surface area contributed by atoms with E-state index in [9.17, 15) is 0 Å². The molecule has 5 heteroatoms. The molecule has 26 heavy (non-hydrogen) atoms. The summed E-state index contributed by atoms with van der Waals surface area (Å²) in [7, 11) is 0. The molecule has 0 spiro atoms. The van der Waals surface area contributed by atoms with Crippen LogP contribution in [0.25, 0.3) is 10.8 Å². The van der Waals surface area contributed by atoms with Crippen molar-refractivity contribution in [2.75, 3.05) is 5.32 Å². The first-order chi connectivity index (χ1) is 12.8. The quantitative estimate of drug-likeness (QED) is 0.658. The minimum Gasteiger partial charge on any atom is -0.360 e. The van der Waals surface area contributed by atoms with Gasteiger partial charge in [0.2, 0.25) is 0 Å². The Morgan fingerprint density at radius 3 is 2.73 bits per heavy atom. The lowest BCUT2D eigenvalue weighted by Crippen LogP contribution is -2.38. The maximum atomic E-state index is 5.45. The second-order valence-electron chi connectivity index (χ2n) is 6.97. The molecule has 0 unspecified atom stereocenters. The van der Waals surface area contributed by atoms with E-state index in [0.717, 1.165) is 12.4 Å². The molecule has 1 aliphatic rings. The van der Waals surface area contributed by atoms with Crippen molar-refractivity contribution in [2.45, 2.75) is 44.7 Å². The molecule has 1 fully saturated rings. The molecule has 0 amide bonds. The average Bonchev–Trinajstić information content (AvgIpc) is 3.09. The summed E-state index contributed by atoms with van der Waals surface area (Å²) in [5.41, 5.74) is 1.26. The number of aromatic nitrogens is 2. The Morgan fingerprint density at radius 1 is 1.04 bits per heavy atom. The lowest BCUT2D eigenvalue weighted by atomic mass is 9.96. The van der Waals surface area contributed by atoms with E-state index < -0.39 is 0 Å². The Balaban J connectivity index is 1.40. The van der Waals surface area contributed by atoms with Crippen molar-refractivity contribution in [1.82, 2.24) is 15.1 Å². The van der Waals surface area contributed by atoms with Crippen LogP contribution in [-0.4, -0.2) is 20.9 Å². The molecule has 4 nitrogen and oxygen atoms in total. The minimum absolute atomic E-state index is 0.501. The molecule has 1 saturated carbocycles. The molecule has 0 radical (unpaired) electrons. The van der Waals surface area contributed by atoms with Crippen LogP contribution in [0.4, 0.5) is 5.82 Å². The zero-order valence-corrected chi connectivity index (χ0v) is 15.6. The fraction of sp³-hybridized carbons (Fsp3) is 0.333. The summed E-state index contributed by atoms with van der Waals surface area (Å²) in [5.74, 6) is 0.790. The van der Waals surface area contributed by atoms with Gasteiger partial charge in [0.25, 0.3) is 0 Å². The van der Waals surface area contributed by atoms with Gasteiger partial charge < -0.3 is 10.6 Å². The van der Waals surface area contributed by atoms with Gasteiger partial charge in [-0.15, -0.1) is 0 Å².